The lowest BCUT2D eigenvalue weighted by Crippen LogP contribution is -2.25. The highest BCUT2D eigenvalue weighted by molar-refractivity contribution is 5.24. The van der Waals surface area contributed by atoms with Crippen LogP contribution in [0.5, 0.6) is 0 Å². The minimum Gasteiger partial charge on any atom is -0.330 e. The molecular weight excluding hydrogens is 198 g/mol. The molecule has 0 aliphatic carbocycles. The summed E-state index contributed by atoms with van der Waals surface area (Å²) < 4.78 is 1.32. The summed E-state index contributed by atoms with van der Waals surface area (Å²) in [5.41, 5.74) is 5.08. The summed E-state index contributed by atoms with van der Waals surface area (Å²) in [7, 11) is 0. The highest BCUT2D eigenvalue weighted by atomic mass is 16.6. The van der Waals surface area contributed by atoms with Crippen molar-refractivity contribution in [2.75, 3.05) is 6.54 Å². The lowest BCUT2D eigenvalue weighted by atomic mass is 10.2. The van der Waals surface area contributed by atoms with Gasteiger partial charge in [-0.25, -0.2) is 0 Å². The highest BCUT2D eigenvalue weighted by Crippen LogP contribution is 2.07. The van der Waals surface area contributed by atoms with Gasteiger partial charge in [0, 0.05) is 18.7 Å². The first-order valence-corrected chi connectivity index (χ1v) is 4.59. The summed E-state index contributed by atoms with van der Waals surface area (Å²) in [5, 5.41) is 10.5. The number of aromatic nitrogens is 1. The first-order chi connectivity index (χ1) is 7.04. The van der Waals surface area contributed by atoms with E-state index >= 15 is 0 Å². The number of nitrogens with zero attached hydrogens (tertiary/aromatic N) is 2. The molecule has 82 valence electrons. The molecule has 0 radical (unpaired) electrons. The molecule has 1 atom stereocenters. The fourth-order valence-electron chi connectivity index (χ4n) is 1.18. The maximum Gasteiger partial charge on any atom is 0.285 e. The zero-order valence-electron chi connectivity index (χ0n) is 8.42. The quantitative estimate of drug-likeness (QED) is 0.574. The maximum atomic E-state index is 11.3. The van der Waals surface area contributed by atoms with Gasteiger partial charge in [-0.1, -0.05) is 6.92 Å². The van der Waals surface area contributed by atoms with E-state index in [1.54, 1.807) is 0 Å². The molecule has 0 spiro atoms. The molecule has 0 saturated heterocycles. The third-order valence-corrected chi connectivity index (χ3v) is 2.09. The number of pyridine rings is 1. The average Bonchev–Trinajstić information content (AvgIpc) is 2.20. The minimum absolute atomic E-state index is 0.0844. The normalized spacial score (nSPS) is 12.4. The van der Waals surface area contributed by atoms with E-state index in [9.17, 15) is 14.9 Å². The second kappa shape index (κ2) is 4.70. The van der Waals surface area contributed by atoms with Crippen LogP contribution in [0, 0.1) is 16.0 Å². The summed E-state index contributed by atoms with van der Waals surface area (Å²) in [6.07, 6.45) is 1.24. The van der Waals surface area contributed by atoms with Crippen molar-refractivity contribution in [2.24, 2.45) is 11.7 Å². The maximum absolute atomic E-state index is 11.3. The van der Waals surface area contributed by atoms with Crippen LogP contribution in [0.2, 0.25) is 0 Å². The molecule has 1 rings (SSSR count). The molecule has 2 N–H and O–H groups in total. The molecule has 15 heavy (non-hydrogen) atoms. The Labute approximate surface area is 86.5 Å². The molecular formula is C9H13N3O3. The molecule has 6 heteroatoms. The van der Waals surface area contributed by atoms with Crippen molar-refractivity contribution >= 4 is 5.69 Å². The van der Waals surface area contributed by atoms with Crippen molar-refractivity contribution in [3.8, 4) is 0 Å². The number of hydrogen-bond acceptors (Lipinski definition) is 4. The largest absolute Gasteiger partial charge is 0.330 e. The monoisotopic (exact) mass is 211 g/mol. The van der Waals surface area contributed by atoms with Gasteiger partial charge in [-0.05, 0) is 12.5 Å². The van der Waals surface area contributed by atoms with Crippen molar-refractivity contribution in [2.45, 2.75) is 13.5 Å². The Hall–Kier alpha value is -1.69. The van der Waals surface area contributed by atoms with Crippen LogP contribution in [0.15, 0.2) is 23.1 Å². The number of rotatable bonds is 4. The first-order valence-electron chi connectivity index (χ1n) is 4.59. The van der Waals surface area contributed by atoms with Crippen LogP contribution in [-0.4, -0.2) is 16.0 Å². The van der Waals surface area contributed by atoms with Crippen LogP contribution in [-0.2, 0) is 6.54 Å². The van der Waals surface area contributed by atoms with Crippen molar-refractivity contribution in [3.05, 3.63) is 38.8 Å². The Kier molecular flexibility index (Phi) is 3.56. The molecule has 6 nitrogen and oxygen atoms in total. The van der Waals surface area contributed by atoms with Crippen molar-refractivity contribution in [1.82, 2.24) is 4.57 Å². The van der Waals surface area contributed by atoms with Crippen LogP contribution in [0.25, 0.3) is 0 Å². The van der Waals surface area contributed by atoms with Crippen molar-refractivity contribution in [3.63, 3.8) is 0 Å². The van der Waals surface area contributed by atoms with E-state index in [1.165, 1.54) is 22.9 Å². The van der Waals surface area contributed by atoms with Gasteiger partial charge in [0.05, 0.1) is 11.1 Å². The van der Waals surface area contributed by atoms with E-state index in [0.29, 0.717) is 13.1 Å². The molecule has 0 bridgehead atoms. The molecule has 0 aromatic carbocycles. The standard InChI is InChI=1S/C9H13N3O3/c1-7(4-10)5-11-6-8(12(14)15)2-3-9(11)13/h2-3,6-7H,4-5,10H2,1H3. The van der Waals surface area contributed by atoms with E-state index in [-0.39, 0.29) is 17.2 Å². The van der Waals surface area contributed by atoms with Gasteiger partial charge in [-0.15, -0.1) is 0 Å². The lowest BCUT2D eigenvalue weighted by molar-refractivity contribution is -0.385. The Balaban J connectivity index is 3.00. The molecule has 1 heterocycles. The predicted molar refractivity (Wildman–Crippen MR) is 55.6 cm³/mol. The van der Waals surface area contributed by atoms with Gasteiger partial charge in [-0.2, -0.15) is 0 Å². The van der Waals surface area contributed by atoms with Crippen LogP contribution >= 0.6 is 0 Å². The molecule has 1 aromatic rings. The molecule has 1 aromatic heterocycles. The van der Waals surface area contributed by atoms with Crippen molar-refractivity contribution in [1.29, 1.82) is 0 Å². The number of nitro groups is 1. The van der Waals surface area contributed by atoms with Gasteiger partial charge in [-0.3, -0.25) is 14.9 Å². The molecule has 0 aliphatic heterocycles. The Morgan fingerprint density at radius 2 is 2.27 bits per heavy atom. The van der Waals surface area contributed by atoms with Gasteiger partial charge in [0.1, 0.15) is 0 Å². The van der Waals surface area contributed by atoms with Crippen LogP contribution in [0.3, 0.4) is 0 Å². The molecule has 1 unspecified atom stereocenters. The smallest absolute Gasteiger partial charge is 0.285 e. The van der Waals surface area contributed by atoms with E-state index in [4.69, 9.17) is 5.73 Å². The second-order valence-corrected chi connectivity index (χ2v) is 3.48. The van der Waals surface area contributed by atoms with Crippen molar-refractivity contribution < 1.29 is 4.92 Å². The zero-order chi connectivity index (χ0) is 11.4. The Bertz CT molecular complexity index is 413. The number of hydrogen-bond donors (Lipinski definition) is 1. The third kappa shape index (κ3) is 2.88. The second-order valence-electron chi connectivity index (χ2n) is 3.48. The van der Waals surface area contributed by atoms with Gasteiger partial charge >= 0.3 is 0 Å². The third-order valence-electron chi connectivity index (χ3n) is 2.09. The van der Waals surface area contributed by atoms with Crippen LogP contribution < -0.4 is 11.3 Å². The van der Waals surface area contributed by atoms with Gasteiger partial charge in [0.25, 0.3) is 11.2 Å². The average molecular weight is 211 g/mol. The summed E-state index contributed by atoms with van der Waals surface area (Å²) in [4.78, 5) is 21.3. The van der Waals surface area contributed by atoms with Gasteiger partial charge in [0.2, 0.25) is 0 Å². The topological polar surface area (TPSA) is 91.2 Å². The fourth-order valence-corrected chi connectivity index (χ4v) is 1.18. The van der Waals surface area contributed by atoms with E-state index in [2.05, 4.69) is 0 Å². The van der Waals surface area contributed by atoms with Crippen LogP contribution in [0.4, 0.5) is 5.69 Å². The zero-order valence-corrected chi connectivity index (χ0v) is 8.42. The molecule has 0 aliphatic rings. The van der Waals surface area contributed by atoms with E-state index in [1.807, 2.05) is 6.92 Å². The summed E-state index contributed by atoms with van der Waals surface area (Å²) in [6, 6.07) is 2.40. The summed E-state index contributed by atoms with van der Waals surface area (Å²) in [6.45, 7) is 2.72. The first kappa shape index (κ1) is 11.4. The minimum atomic E-state index is -0.525. The van der Waals surface area contributed by atoms with E-state index < -0.39 is 4.92 Å². The Morgan fingerprint density at radius 3 is 2.80 bits per heavy atom. The lowest BCUT2D eigenvalue weighted by Gasteiger charge is -2.10. The highest BCUT2D eigenvalue weighted by Gasteiger charge is 2.09. The number of nitrogens with two attached hydrogens (primary N) is 1. The summed E-state index contributed by atoms with van der Waals surface area (Å²) >= 11 is 0. The fraction of sp³-hybridized carbons (Fsp3) is 0.444. The molecule has 0 fully saturated rings. The SMILES string of the molecule is CC(CN)Cn1cc([N+](=O)[O-])ccc1=O. The molecule has 0 saturated carbocycles. The van der Waals surface area contributed by atoms with Crippen LogP contribution in [0.1, 0.15) is 6.92 Å². The summed E-state index contributed by atoms with van der Waals surface area (Å²) in [5.74, 6) is 0.115. The molecule has 0 amide bonds. The van der Waals surface area contributed by atoms with E-state index in [0.717, 1.165) is 0 Å². The van der Waals surface area contributed by atoms with Gasteiger partial charge in [0.15, 0.2) is 0 Å². The Morgan fingerprint density at radius 1 is 1.60 bits per heavy atom. The van der Waals surface area contributed by atoms with Gasteiger partial charge < -0.3 is 10.3 Å². The predicted octanol–water partition coefficient (Wildman–Crippen LogP) is 0.351.